The summed E-state index contributed by atoms with van der Waals surface area (Å²) in [7, 11) is 0. The van der Waals surface area contributed by atoms with Crippen molar-refractivity contribution in [1.29, 1.82) is 0 Å². The van der Waals surface area contributed by atoms with E-state index in [1.165, 1.54) is 32.1 Å². The van der Waals surface area contributed by atoms with E-state index in [1.807, 2.05) is 0 Å². The lowest BCUT2D eigenvalue weighted by Crippen LogP contribution is -2.41. The van der Waals surface area contributed by atoms with Crippen molar-refractivity contribution < 1.29 is 0 Å². The number of nitrogens with two attached hydrogens (primary N) is 1. The van der Waals surface area contributed by atoms with Gasteiger partial charge in [0.2, 0.25) is 0 Å². The summed E-state index contributed by atoms with van der Waals surface area (Å²) in [5.41, 5.74) is 6.34. The van der Waals surface area contributed by atoms with E-state index in [0.29, 0.717) is 17.5 Å². The zero-order valence-electron chi connectivity index (χ0n) is 11.6. The number of hydrogen-bond donors (Lipinski definition) is 2. The summed E-state index contributed by atoms with van der Waals surface area (Å²) in [6.45, 7) is 10.5. The first kappa shape index (κ1) is 14.0. The maximum Gasteiger partial charge on any atom is 0.00684 e. The predicted octanol–water partition coefficient (Wildman–Crippen LogP) is 2.92. The molecule has 0 radical (unpaired) electrons. The fourth-order valence-electron chi connectivity index (χ4n) is 2.92. The number of rotatable bonds is 5. The van der Waals surface area contributed by atoms with E-state index < -0.39 is 0 Å². The summed E-state index contributed by atoms with van der Waals surface area (Å²) in [5, 5.41) is 3.73. The molecule has 1 saturated carbocycles. The quantitative estimate of drug-likeness (QED) is 0.756. The molecule has 16 heavy (non-hydrogen) atoms. The van der Waals surface area contributed by atoms with Gasteiger partial charge in [0.15, 0.2) is 0 Å². The Labute approximate surface area is 101 Å². The van der Waals surface area contributed by atoms with Crippen LogP contribution in [0.15, 0.2) is 0 Å². The van der Waals surface area contributed by atoms with Crippen molar-refractivity contribution in [3.05, 3.63) is 0 Å². The molecule has 1 aliphatic carbocycles. The van der Waals surface area contributed by atoms with E-state index in [2.05, 4.69) is 33.0 Å². The minimum absolute atomic E-state index is 0.424. The molecule has 96 valence electrons. The lowest BCUT2D eigenvalue weighted by Gasteiger charge is -2.32. The molecule has 0 spiro atoms. The SMILES string of the molecule is CC(C)CC(C)(C)CNC1CCC(N)CC1. The molecule has 1 rings (SSSR count). The zero-order chi connectivity index (χ0) is 12.2. The Hall–Kier alpha value is -0.0800. The molecule has 0 heterocycles. The van der Waals surface area contributed by atoms with Crippen molar-refractivity contribution >= 4 is 0 Å². The van der Waals surface area contributed by atoms with Gasteiger partial charge >= 0.3 is 0 Å². The molecule has 0 unspecified atom stereocenters. The molecule has 0 aromatic carbocycles. The summed E-state index contributed by atoms with van der Waals surface area (Å²) in [6, 6.07) is 1.17. The predicted molar refractivity (Wildman–Crippen MR) is 71.5 cm³/mol. The lowest BCUT2D eigenvalue weighted by molar-refractivity contribution is 0.242. The fraction of sp³-hybridized carbons (Fsp3) is 1.00. The Balaban J connectivity index is 2.23. The molecule has 0 aromatic heterocycles. The minimum Gasteiger partial charge on any atom is -0.328 e. The van der Waals surface area contributed by atoms with Gasteiger partial charge in [0.05, 0.1) is 0 Å². The van der Waals surface area contributed by atoms with Crippen LogP contribution in [0.4, 0.5) is 0 Å². The highest BCUT2D eigenvalue weighted by Crippen LogP contribution is 2.25. The number of nitrogens with one attached hydrogen (secondary N) is 1. The lowest BCUT2D eigenvalue weighted by atomic mass is 9.83. The highest BCUT2D eigenvalue weighted by molar-refractivity contribution is 4.81. The summed E-state index contributed by atoms with van der Waals surface area (Å²) < 4.78 is 0. The zero-order valence-corrected chi connectivity index (χ0v) is 11.6. The molecule has 0 amide bonds. The Morgan fingerprint density at radius 3 is 2.25 bits per heavy atom. The molecule has 0 bridgehead atoms. The van der Waals surface area contributed by atoms with Crippen molar-refractivity contribution in [1.82, 2.24) is 5.32 Å². The van der Waals surface area contributed by atoms with Crippen LogP contribution in [-0.4, -0.2) is 18.6 Å². The van der Waals surface area contributed by atoms with Crippen LogP contribution >= 0.6 is 0 Å². The molecule has 0 aliphatic heterocycles. The Kier molecular flexibility index (Phi) is 5.26. The standard InChI is InChI=1S/C14H30N2/c1-11(2)9-14(3,4)10-16-13-7-5-12(15)6-8-13/h11-13,16H,5-10,15H2,1-4H3. The second kappa shape index (κ2) is 6.02. The Morgan fingerprint density at radius 1 is 1.19 bits per heavy atom. The van der Waals surface area contributed by atoms with E-state index >= 15 is 0 Å². The Bertz CT molecular complexity index is 191. The third-order valence-electron chi connectivity index (χ3n) is 3.60. The smallest absolute Gasteiger partial charge is 0.00684 e. The van der Waals surface area contributed by atoms with E-state index in [4.69, 9.17) is 5.73 Å². The summed E-state index contributed by atoms with van der Waals surface area (Å²) in [4.78, 5) is 0. The largest absolute Gasteiger partial charge is 0.328 e. The molecule has 2 nitrogen and oxygen atoms in total. The van der Waals surface area contributed by atoms with Crippen LogP contribution < -0.4 is 11.1 Å². The van der Waals surface area contributed by atoms with Crippen LogP contribution in [0.2, 0.25) is 0 Å². The van der Waals surface area contributed by atoms with Crippen LogP contribution in [0.5, 0.6) is 0 Å². The topological polar surface area (TPSA) is 38.0 Å². The van der Waals surface area contributed by atoms with Gasteiger partial charge in [-0.05, 0) is 43.4 Å². The molecule has 1 fully saturated rings. The van der Waals surface area contributed by atoms with Crippen molar-refractivity contribution in [3.8, 4) is 0 Å². The first-order valence-electron chi connectivity index (χ1n) is 6.88. The van der Waals surface area contributed by atoms with Crippen LogP contribution in [0.3, 0.4) is 0 Å². The van der Waals surface area contributed by atoms with E-state index in [9.17, 15) is 0 Å². The van der Waals surface area contributed by atoms with Gasteiger partial charge in [0.25, 0.3) is 0 Å². The van der Waals surface area contributed by atoms with Gasteiger partial charge in [-0.25, -0.2) is 0 Å². The normalized spacial score (nSPS) is 27.4. The minimum atomic E-state index is 0.424. The van der Waals surface area contributed by atoms with Crippen molar-refractivity contribution in [2.24, 2.45) is 17.1 Å². The van der Waals surface area contributed by atoms with E-state index in [0.717, 1.165) is 12.5 Å². The van der Waals surface area contributed by atoms with Gasteiger partial charge in [-0.2, -0.15) is 0 Å². The van der Waals surface area contributed by atoms with Gasteiger partial charge in [-0.3, -0.25) is 0 Å². The van der Waals surface area contributed by atoms with Gasteiger partial charge in [0, 0.05) is 18.6 Å². The third-order valence-corrected chi connectivity index (χ3v) is 3.60. The first-order chi connectivity index (χ1) is 7.39. The second-order valence-corrected chi connectivity index (χ2v) is 6.75. The van der Waals surface area contributed by atoms with Crippen LogP contribution in [0, 0.1) is 11.3 Å². The first-order valence-corrected chi connectivity index (χ1v) is 6.88. The van der Waals surface area contributed by atoms with E-state index in [-0.39, 0.29) is 0 Å². The summed E-state index contributed by atoms with van der Waals surface area (Å²) in [6.07, 6.45) is 6.22. The van der Waals surface area contributed by atoms with Gasteiger partial charge in [-0.15, -0.1) is 0 Å². The van der Waals surface area contributed by atoms with Crippen LogP contribution in [0.25, 0.3) is 0 Å². The van der Waals surface area contributed by atoms with Crippen molar-refractivity contribution in [2.75, 3.05) is 6.54 Å². The van der Waals surface area contributed by atoms with Crippen molar-refractivity contribution in [2.45, 2.75) is 71.9 Å². The molecule has 3 N–H and O–H groups in total. The molecule has 0 aromatic rings. The Morgan fingerprint density at radius 2 is 1.75 bits per heavy atom. The molecule has 0 saturated heterocycles. The maximum atomic E-state index is 5.92. The van der Waals surface area contributed by atoms with Crippen LogP contribution in [0.1, 0.15) is 59.8 Å². The molecular formula is C14H30N2. The highest BCUT2D eigenvalue weighted by atomic mass is 14.9. The van der Waals surface area contributed by atoms with Crippen LogP contribution in [-0.2, 0) is 0 Å². The second-order valence-electron chi connectivity index (χ2n) is 6.75. The third kappa shape index (κ3) is 5.31. The molecule has 1 aliphatic rings. The van der Waals surface area contributed by atoms with Gasteiger partial charge in [-0.1, -0.05) is 27.7 Å². The summed E-state index contributed by atoms with van der Waals surface area (Å²) in [5.74, 6) is 0.788. The fourth-order valence-corrected chi connectivity index (χ4v) is 2.92. The average molecular weight is 226 g/mol. The van der Waals surface area contributed by atoms with Crippen molar-refractivity contribution in [3.63, 3.8) is 0 Å². The molecule has 0 atom stereocenters. The number of hydrogen-bond acceptors (Lipinski definition) is 2. The average Bonchev–Trinajstić information content (AvgIpc) is 2.15. The molecular weight excluding hydrogens is 196 g/mol. The van der Waals surface area contributed by atoms with Gasteiger partial charge in [0.1, 0.15) is 0 Å². The maximum absolute atomic E-state index is 5.92. The van der Waals surface area contributed by atoms with Gasteiger partial charge < -0.3 is 11.1 Å². The van der Waals surface area contributed by atoms with E-state index in [1.54, 1.807) is 0 Å². The molecule has 2 heteroatoms. The highest BCUT2D eigenvalue weighted by Gasteiger charge is 2.23. The summed E-state index contributed by atoms with van der Waals surface area (Å²) >= 11 is 0. The monoisotopic (exact) mass is 226 g/mol.